The first kappa shape index (κ1) is 7.86. The zero-order valence-corrected chi connectivity index (χ0v) is 7.19. The molecule has 3 nitrogen and oxygen atoms in total. The van der Waals surface area contributed by atoms with Crippen LogP contribution in [0.25, 0.3) is 11.0 Å². The van der Waals surface area contributed by atoms with Gasteiger partial charge in [-0.3, -0.25) is 9.78 Å². The number of aromatic nitrogens is 2. The third-order valence-electron chi connectivity index (χ3n) is 1.82. The van der Waals surface area contributed by atoms with Gasteiger partial charge in [-0.2, -0.15) is 0 Å². The fourth-order valence-corrected chi connectivity index (χ4v) is 1.19. The van der Waals surface area contributed by atoms with Crippen molar-refractivity contribution in [3.8, 4) is 0 Å². The molecule has 2 aromatic rings. The lowest BCUT2D eigenvalue weighted by Crippen LogP contribution is -1.88. The molecular formula is C10H8N2O. The van der Waals surface area contributed by atoms with Crippen LogP contribution in [0, 0.1) is 6.92 Å². The topological polar surface area (TPSA) is 42.9 Å². The molecule has 1 aromatic carbocycles. The summed E-state index contributed by atoms with van der Waals surface area (Å²) in [6, 6.07) is 5.27. The molecule has 0 aliphatic rings. The number of aryl methyl sites for hydroxylation is 1. The molecule has 1 heterocycles. The summed E-state index contributed by atoms with van der Waals surface area (Å²) in [5, 5.41) is 0. The Kier molecular flexibility index (Phi) is 1.77. The lowest BCUT2D eigenvalue weighted by molar-refractivity contribution is 0.112. The van der Waals surface area contributed by atoms with Crippen molar-refractivity contribution < 1.29 is 4.79 Å². The lowest BCUT2D eigenvalue weighted by Gasteiger charge is -1.97. The van der Waals surface area contributed by atoms with Crippen LogP contribution in [0.1, 0.15) is 16.1 Å². The summed E-state index contributed by atoms with van der Waals surface area (Å²) in [7, 11) is 0. The van der Waals surface area contributed by atoms with E-state index < -0.39 is 0 Å². The molecule has 0 N–H and O–H groups in total. The van der Waals surface area contributed by atoms with Crippen LogP contribution in [0.5, 0.6) is 0 Å². The maximum absolute atomic E-state index is 10.5. The summed E-state index contributed by atoms with van der Waals surface area (Å²) in [4.78, 5) is 18.9. The maximum Gasteiger partial charge on any atom is 0.150 e. The van der Waals surface area contributed by atoms with E-state index in [9.17, 15) is 4.79 Å². The van der Waals surface area contributed by atoms with Crippen LogP contribution < -0.4 is 0 Å². The highest BCUT2D eigenvalue weighted by Gasteiger charge is 1.97. The van der Waals surface area contributed by atoms with Gasteiger partial charge in [0, 0.05) is 11.8 Å². The van der Waals surface area contributed by atoms with Gasteiger partial charge in [-0.15, -0.1) is 0 Å². The summed E-state index contributed by atoms with van der Waals surface area (Å²) < 4.78 is 0. The molecule has 0 radical (unpaired) electrons. The molecule has 0 saturated carbocycles. The van der Waals surface area contributed by atoms with E-state index >= 15 is 0 Å². The summed E-state index contributed by atoms with van der Waals surface area (Å²) in [6.07, 6.45) is 2.52. The van der Waals surface area contributed by atoms with Crippen molar-refractivity contribution in [2.75, 3.05) is 0 Å². The second-order valence-corrected chi connectivity index (χ2v) is 2.88. The fraction of sp³-hybridized carbons (Fsp3) is 0.100. The Hall–Kier alpha value is -1.77. The molecule has 0 atom stereocenters. The average Bonchev–Trinajstić information content (AvgIpc) is 2.16. The molecule has 0 fully saturated rings. The molecule has 0 aliphatic carbocycles. The van der Waals surface area contributed by atoms with Gasteiger partial charge in [-0.1, -0.05) is 0 Å². The number of hydrogen-bond donors (Lipinski definition) is 0. The monoisotopic (exact) mass is 172 g/mol. The van der Waals surface area contributed by atoms with Crippen molar-refractivity contribution in [1.29, 1.82) is 0 Å². The van der Waals surface area contributed by atoms with Crippen molar-refractivity contribution in [3.63, 3.8) is 0 Å². The second-order valence-electron chi connectivity index (χ2n) is 2.88. The molecule has 0 amide bonds. The average molecular weight is 172 g/mol. The minimum Gasteiger partial charge on any atom is -0.298 e. The highest BCUT2D eigenvalue weighted by Crippen LogP contribution is 2.10. The molecule has 0 saturated heterocycles. The van der Waals surface area contributed by atoms with Gasteiger partial charge in [0.25, 0.3) is 0 Å². The van der Waals surface area contributed by atoms with Crippen LogP contribution in [-0.2, 0) is 0 Å². The first-order valence-electron chi connectivity index (χ1n) is 3.98. The Morgan fingerprint density at radius 2 is 2.15 bits per heavy atom. The van der Waals surface area contributed by atoms with Gasteiger partial charge >= 0.3 is 0 Å². The van der Waals surface area contributed by atoms with Crippen LogP contribution in [0.3, 0.4) is 0 Å². The summed E-state index contributed by atoms with van der Waals surface area (Å²) >= 11 is 0. The minimum absolute atomic E-state index is 0.632. The summed E-state index contributed by atoms with van der Waals surface area (Å²) in [6.45, 7) is 1.88. The Balaban J connectivity index is 2.74. The van der Waals surface area contributed by atoms with E-state index in [1.807, 2.05) is 6.92 Å². The molecule has 2 rings (SSSR count). The molecular weight excluding hydrogens is 164 g/mol. The SMILES string of the molecule is Cc1cnc2ccc(C=O)cc2n1. The van der Waals surface area contributed by atoms with E-state index in [4.69, 9.17) is 0 Å². The Labute approximate surface area is 75.4 Å². The maximum atomic E-state index is 10.5. The number of fused-ring (bicyclic) bond motifs is 1. The number of benzene rings is 1. The number of aldehydes is 1. The summed E-state index contributed by atoms with van der Waals surface area (Å²) in [5.41, 5.74) is 3.07. The van der Waals surface area contributed by atoms with Gasteiger partial charge in [-0.05, 0) is 25.1 Å². The van der Waals surface area contributed by atoms with E-state index in [0.29, 0.717) is 5.56 Å². The van der Waals surface area contributed by atoms with Crippen molar-refractivity contribution in [1.82, 2.24) is 9.97 Å². The Bertz CT molecular complexity index is 465. The molecule has 0 spiro atoms. The first-order chi connectivity index (χ1) is 6.29. The fourth-order valence-electron chi connectivity index (χ4n) is 1.19. The molecule has 1 aromatic heterocycles. The Morgan fingerprint density at radius 3 is 2.92 bits per heavy atom. The minimum atomic E-state index is 0.632. The third kappa shape index (κ3) is 1.40. The molecule has 0 bridgehead atoms. The third-order valence-corrected chi connectivity index (χ3v) is 1.82. The van der Waals surface area contributed by atoms with Crippen molar-refractivity contribution >= 4 is 17.3 Å². The second kappa shape index (κ2) is 2.94. The highest BCUT2D eigenvalue weighted by atomic mass is 16.1. The predicted octanol–water partition coefficient (Wildman–Crippen LogP) is 1.75. The van der Waals surface area contributed by atoms with Crippen LogP contribution >= 0.6 is 0 Å². The number of carbonyl (C=O) groups excluding carboxylic acids is 1. The Morgan fingerprint density at radius 1 is 1.31 bits per heavy atom. The van der Waals surface area contributed by atoms with E-state index in [0.717, 1.165) is 23.0 Å². The predicted molar refractivity (Wildman–Crippen MR) is 49.7 cm³/mol. The number of rotatable bonds is 1. The zero-order valence-electron chi connectivity index (χ0n) is 7.19. The largest absolute Gasteiger partial charge is 0.298 e. The van der Waals surface area contributed by atoms with Crippen molar-refractivity contribution in [2.24, 2.45) is 0 Å². The van der Waals surface area contributed by atoms with Gasteiger partial charge in [0.15, 0.2) is 0 Å². The molecule has 64 valence electrons. The number of nitrogens with zero attached hydrogens (tertiary/aromatic N) is 2. The van der Waals surface area contributed by atoms with Gasteiger partial charge in [0.05, 0.1) is 16.7 Å². The molecule has 3 heteroatoms. The van der Waals surface area contributed by atoms with Crippen molar-refractivity contribution in [3.05, 3.63) is 35.7 Å². The number of carbonyl (C=O) groups is 1. The lowest BCUT2D eigenvalue weighted by atomic mass is 10.2. The molecule has 0 aliphatic heterocycles. The van der Waals surface area contributed by atoms with E-state index in [1.165, 1.54) is 0 Å². The van der Waals surface area contributed by atoms with Gasteiger partial charge in [-0.25, -0.2) is 4.98 Å². The van der Waals surface area contributed by atoms with E-state index in [1.54, 1.807) is 24.4 Å². The normalized spacial score (nSPS) is 10.2. The van der Waals surface area contributed by atoms with Crippen molar-refractivity contribution in [2.45, 2.75) is 6.92 Å². The van der Waals surface area contributed by atoms with Crippen LogP contribution in [-0.4, -0.2) is 16.3 Å². The quantitative estimate of drug-likeness (QED) is 0.615. The molecule has 13 heavy (non-hydrogen) atoms. The van der Waals surface area contributed by atoms with Gasteiger partial charge in [0.2, 0.25) is 0 Å². The first-order valence-corrected chi connectivity index (χ1v) is 3.98. The molecule has 0 unspecified atom stereocenters. The smallest absolute Gasteiger partial charge is 0.150 e. The van der Waals surface area contributed by atoms with Gasteiger partial charge < -0.3 is 0 Å². The highest BCUT2D eigenvalue weighted by molar-refractivity contribution is 5.84. The van der Waals surface area contributed by atoms with Crippen LogP contribution in [0.15, 0.2) is 24.4 Å². The van der Waals surface area contributed by atoms with Crippen LogP contribution in [0.4, 0.5) is 0 Å². The van der Waals surface area contributed by atoms with Gasteiger partial charge in [0.1, 0.15) is 6.29 Å². The van der Waals surface area contributed by atoms with E-state index in [-0.39, 0.29) is 0 Å². The number of hydrogen-bond acceptors (Lipinski definition) is 3. The van der Waals surface area contributed by atoms with E-state index in [2.05, 4.69) is 9.97 Å². The zero-order chi connectivity index (χ0) is 9.26. The summed E-state index contributed by atoms with van der Waals surface area (Å²) in [5.74, 6) is 0. The van der Waals surface area contributed by atoms with Crippen LogP contribution in [0.2, 0.25) is 0 Å². The standard InChI is InChI=1S/C10H8N2O/c1-7-5-11-9-3-2-8(6-13)4-10(9)12-7/h2-6H,1H3.